The summed E-state index contributed by atoms with van der Waals surface area (Å²) in [4.78, 5) is 10.8. The summed E-state index contributed by atoms with van der Waals surface area (Å²) in [6, 6.07) is 1.70. The van der Waals surface area contributed by atoms with Gasteiger partial charge in [0.2, 0.25) is 15.9 Å². The van der Waals surface area contributed by atoms with Gasteiger partial charge in [0.25, 0.3) is 0 Å². The zero-order valence-electron chi connectivity index (χ0n) is 11.3. The normalized spacial score (nSPS) is 18.6. The lowest BCUT2D eigenvalue weighted by Gasteiger charge is -2.13. The van der Waals surface area contributed by atoms with E-state index in [1.165, 1.54) is 7.11 Å². The minimum atomic E-state index is -3.91. The number of ether oxygens (including phenoxy) is 1. The number of anilines is 1. The van der Waals surface area contributed by atoms with Gasteiger partial charge in [-0.15, -0.1) is 0 Å². The Morgan fingerprint density at radius 2 is 2.24 bits per heavy atom. The number of methoxy groups -OCH3 is 1. The summed E-state index contributed by atoms with van der Waals surface area (Å²) in [6.45, 7) is 0.0433. The SMILES string of the molecule is COc1c(N)cc(S(=O)(=O)NCC2CCC(=O)N2)cc1F. The molecular formula is C12H16FN3O4S. The summed E-state index contributed by atoms with van der Waals surface area (Å²) in [5.41, 5.74) is 5.45. The number of hydrogen-bond donors (Lipinski definition) is 3. The second kappa shape index (κ2) is 5.86. The van der Waals surface area contributed by atoms with Gasteiger partial charge < -0.3 is 15.8 Å². The molecular weight excluding hydrogens is 301 g/mol. The second-order valence-electron chi connectivity index (χ2n) is 4.68. The Kier molecular flexibility index (Phi) is 4.33. The van der Waals surface area contributed by atoms with Crippen LogP contribution >= 0.6 is 0 Å². The number of benzene rings is 1. The molecule has 0 spiro atoms. The Labute approximate surface area is 121 Å². The molecule has 1 aromatic carbocycles. The number of hydrogen-bond acceptors (Lipinski definition) is 5. The maximum atomic E-state index is 13.7. The van der Waals surface area contributed by atoms with E-state index in [1.54, 1.807) is 0 Å². The van der Waals surface area contributed by atoms with Crippen molar-refractivity contribution in [2.75, 3.05) is 19.4 Å². The van der Waals surface area contributed by atoms with Gasteiger partial charge in [0.1, 0.15) is 0 Å². The van der Waals surface area contributed by atoms with Crippen molar-refractivity contribution < 1.29 is 22.3 Å². The van der Waals surface area contributed by atoms with Crippen LogP contribution in [0.2, 0.25) is 0 Å². The van der Waals surface area contributed by atoms with Gasteiger partial charge in [0.15, 0.2) is 11.6 Å². The highest BCUT2D eigenvalue weighted by Crippen LogP contribution is 2.28. The van der Waals surface area contributed by atoms with E-state index in [9.17, 15) is 17.6 Å². The monoisotopic (exact) mass is 317 g/mol. The maximum absolute atomic E-state index is 13.7. The third kappa shape index (κ3) is 3.42. The highest BCUT2D eigenvalue weighted by molar-refractivity contribution is 7.89. The van der Waals surface area contributed by atoms with Gasteiger partial charge >= 0.3 is 0 Å². The van der Waals surface area contributed by atoms with Crippen molar-refractivity contribution in [2.45, 2.75) is 23.8 Å². The molecule has 1 amide bonds. The molecule has 2 rings (SSSR count). The average Bonchev–Trinajstić information content (AvgIpc) is 2.82. The van der Waals surface area contributed by atoms with Gasteiger partial charge in [0, 0.05) is 19.0 Å². The van der Waals surface area contributed by atoms with Crippen LogP contribution in [0, 0.1) is 5.82 Å². The molecule has 1 atom stereocenters. The molecule has 1 fully saturated rings. The lowest BCUT2D eigenvalue weighted by atomic mass is 10.2. The van der Waals surface area contributed by atoms with E-state index >= 15 is 0 Å². The third-order valence-electron chi connectivity index (χ3n) is 3.16. The van der Waals surface area contributed by atoms with Crippen molar-refractivity contribution in [2.24, 2.45) is 0 Å². The molecule has 4 N–H and O–H groups in total. The Morgan fingerprint density at radius 1 is 1.52 bits per heavy atom. The van der Waals surface area contributed by atoms with Crippen molar-refractivity contribution in [3.8, 4) is 5.75 Å². The van der Waals surface area contributed by atoms with Crippen LogP contribution < -0.4 is 20.5 Å². The summed E-state index contributed by atoms with van der Waals surface area (Å²) in [5.74, 6) is -1.16. The summed E-state index contributed by atoms with van der Waals surface area (Å²) < 4.78 is 44.9. The molecule has 7 nitrogen and oxygen atoms in total. The lowest BCUT2D eigenvalue weighted by molar-refractivity contribution is -0.119. The van der Waals surface area contributed by atoms with Gasteiger partial charge in [-0.25, -0.2) is 17.5 Å². The van der Waals surface area contributed by atoms with Crippen LogP contribution in [0.4, 0.5) is 10.1 Å². The molecule has 21 heavy (non-hydrogen) atoms. The average molecular weight is 317 g/mol. The van der Waals surface area contributed by atoms with Crippen molar-refractivity contribution in [1.29, 1.82) is 0 Å². The van der Waals surface area contributed by atoms with Crippen molar-refractivity contribution >= 4 is 21.6 Å². The predicted molar refractivity (Wildman–Crippen MR) is 73.7 cm³/mol. The quantitative estimate of drug-likeness (QED) is 0.661. The van der Waals surface area contributed by atoms with Crippen molar-refractivity contribution in [3.63, 3.8) is 0 Å². The summed E-state index contributed by atoms with van der Waals surface area (Å²) in [7, 11) is -2.67. The van der Waals surface area contributed by atoms with Crippen LogP contribution in [0.3, 0.4) is 0 Å². The Hall–Kier alpha value is -1.87. The topological polar surface area (TPSA) is 111 Å². The van der Waals surface area contributed by atoms with Crippen LogP contribution in [-0.2, 0) is 14.8 Å². The molecule has 0 bridgehead atoms. The molecule has 9 heteroatoms. The molecule has 1 saturated heterocycles. The molecule has 0 aromatic heterocycles. The van der Waals surface area contributed by atoms with E-state index in [4.69, 9.17) is 10.5 Å². The summed E-state index contributed by atoms with van der Waals surface area (Å²) in [5, 5.41) is 2.63. The zero-order chi connectivity index (χ0) is 15.6. The summed E-state index contributed by atoms with van der Waals surface area (Å²) in [6.07, 6.45) is 0.928. The van der Waals surface area contributed by atoms with E-state index in [1.807, 2.05) is 0 Å². The van der Waals surface area contributed by atoms with E-state index in [0.29, 0.717) is 12.8 Å². The smallest absolute Gasteiger partial charge is 0.240 e. The first-order chi connectivity index (χ1) is 9.83. The molecule has 1 heterocycles. The maximum Gasteiger partial charge on any atom is 0.240 e. The molecule has 1 unspecified atom stereocenters. The van der Waals surface area contributed by atoms with E-state index < -0.39 is 15.8 Å². The number of nitrogens with two attached hydrogens (primary N) is 1. The molecule has 1 aromatic rings. The third-order valence-corrected chi connectivity index (χ3v) is 4.57. The summed E-state index contributed by atoms with van der Waals surface area (Å²) >= 11 is 0. The highest BCUT2D eigenvalue weighted by Gasteiger charge is 2.24. The van der Waals surface area contributed by atoms with Gasteiger partial charge in [-0.1, -0.05) is 0 Å². The zero-order valence-corrected chi connectivity index (χ0v) is 12.2. The molecule has 116 valence electrons. The Morgan fingerprint density at radius 3 is 2.76 bits per heavy atom. The minimum Gasteiger partial charge on any atom is -0.492 e. The fraction of sp³-hybridized carbons (Fsp3) is 0.417. The number of nitrogen functional groups attached to an aromatic ring is 1. The number of carbonyl (C=O) groups is 1. The Balaban J connectivity index is 2.14. The van der Waals surface area contributed by atoms with Crippen molar-refractivity contribution in [3.05, 3.63) is 17.9 Å². The first-order valence-electron chi connectivity index (χ1n) is 6.25. The van der Waals surface area contributed by atoms with Crippen LogP contribution in [-0.4, -0.2) is 34.0 Å². The molecule has 0 aliphatic carbocycles. The number of nitrogens with one attached hydrogen (secondary N) is 2. The molecule has 0 radical (unpaired) electrons. The lowest BCUT2D eigenvalue weighted by Crippen LogP contribution is -2.38. The van der Waals surface area contributed by atoms with Crippen LogP contribution in [0.25, 0.3) is 0 Å². The number of sulfonamides is 1. The molecule has 1 aliphatic heterocycles. The second-order valence-corrected chi connectivity index (χ2v) is 6.45. The minimum absolute atomic E-state index is 0.0433. The number of amides is 1. The fourth-order valence-electron chi connectivity index (χ4n) is 2.08. The van der Waals surface area contributed by atoms with E-state index in [0.717, 1.165) is 12.1 Å². The van der Waals surface area contributed by atoms with Gasteiger partial charge in [-0.2, -0.15) is 0 Å². The van der Waals surface area contributed by atoms with Crippen LogP contribution in [0.5, 0.6) is 5.75 Å². The van der Waals surface area contributed by atoms with Gasteiger partial charge in [-0.3, -0.25) is 4.79 Å². The van der Waals surface area contributed by atoms with Crippen LogP contribution in [0.1, 0.15) is 12.8 Å². The Bertz CT molecular complexity index is 639. The first kappa shape index (κ1) is 15.5. The predicted octanol–water partition coefficient (Wildman–Crippen LogP) is -0.0266. The standard InChI is InChI=1S/C12H16FN3O4S/c1-20-12-9(13)4-8(5-10(12)14)21(18,19)15-6-7-2-3-11(17)16-7/h4-5,7,15H,2-3,6,14H2,1H3,(H,16,17). The molecule has 0 saturated carbocycles. The van der Waals surface area contributed by atoms with E-state index in [-0.39, 0.29) is 34.8 Å². The largest absolute Gasteiger partial charge is 0.492 e. The fourth-order valence-corrected chi connectivity index (χ4v) is 3.21. The number of carbonyl (C=O) groups excluding carboxylic acids is 1. The van der Waals surface area contributed by atoms with E-state index in [2.05, 4.69) is 10.0 Å². The first-order valence-corrected chi connectivity index (χ1v) is 7.74. The highest BCUT2D eigenvalue weighted by atomic mass is 32.2. The van der Waals surface area contributed by atoms with Crippen LogP contribution in [0.15, 0.2) is 17.0 Å². The number of rotatable bonds is 5. The van der Waals surface area contributed by atoms with Gasteiger partial charge in [-0.05, 0) is 18.6 Å². The van der Waals surface area contributed by atoms with Crippen molar-refractivity contribution in [1.82, 2.24) is 10.0 Å². The number of halogens is 1. The molecule has 1 aliphatic rings. The van der Waals surface area contributed by atoms with Gasteiger partial charge in [0.05, 0.1) is 17.7 Å².